The van der Waals surface area contributed by atoms with E-state index in [0.717, 1.165) is 17.9 Å². The number of rotatable bonds is 8. The maximum absolute atomic E-state index is 12.4. The van der Waals surface area contributed by atoms with Gasteiger partial charge in [0.1, 0.15) is 11.6 Å². The van der Waals surface area contributed by atoms with Crippen LogP contribution < -0.4 is 15.0 Å². The van der Waals surface area contributed by atoms with Gasteiger partial charge in [0, 0.05) is 41.6 Å². The fourth-order valence-corrected chi connectivity index (χ4v) is 3.53. The van der Waals surface area contributed by atoms with Crippen LogP contribution in [0.3, 0.4) is 0 Å². The number of H-pyrrole nitrogens is 1. The van der Waals surface area contributed by atoms with Crippen LogP contribution >= 0.6 is 0 Å². The zero-order valence-corrected chi connectivity index (χ0v) is 18.1. The number of nitrogens with zero attached hydrogens (tertiary/aromatic N) is 3. The molecule has 9 heteroatoms. The molecular formula is C23H24N4O5. The first-order valence-electron chi connectivity index (χ1n) is 10.4. The van der Waals surface area contributed by atoms with Crippen molar-refractivity contribution < 1.29 is 19.0 Å². The van der Waals surface area contributed by atoms with Crippen molar-refractivity contribution in [2.45, 2.75) is 26.2 Å². The van der Waals surface area contributed by atoms with Gasteiger partial charge in [0.15, 0.2) is 0 Å². The molecule has 0 saturated heterocycles. The van der Waals surface area contributed by atoms with Crippen molar-refractivity contribution in [3.05, 3.63) is 64.2 Å². The van der Waals surface area contributed by atoms with Crippen molar-refractivity contribution in [2.24, 2.45) is 5.92 Å². The van der Waals surface area contributed by atoms with Gasteiger partial charge in [-0.15, -0.1) is 0 Å². The fraction of sp³-hybridized carbons (Fsp3) is 0.348. The molecule has 3 aromatic heterocycles. The molecule has 1 aliphatic rings. The van der Waals surface area contributed by atoms with Crippen LogP contribution in [-0.4, -0.2) is 46.2 Å². The third-order valence-electron chi connectivity index (χ3n) is 5.32. The van der Waals surface area contributed by atoms with E-state index in [1.54, 1.807) is 33.4 Å². The Balaban J connectivity index is 1.56. The number of hydrogen-bond donors (Lipinski definition) is 1. The summed E-state index contributed by atoms with van der Waals surface area (Å²) in [6, 6.07) is 5.19. The van der Waals surface area contributed by atoms with Crippen LogP contribution in [0.1, 0.15) is 41.1 Å². The molecule has 9 nitrogen and oxygen atoms in total. The Kier molecular flexibility index (Phi) is 6.16. The van der Waals surface area contributed by atoms with Crippen molar-refractivity contribution in [3.63, 3.8) is 0 Å². The lowest BCUT2D eigenvalue weighted by atomic mass is 10.0. The van der Waals surface area contributed by atoms with Crippen LogP contribution in [0.2, 0.25) is 0 Å². The minimum Gasteiger partial charge on any atom is -0.495 e. The van der Waals surface area contributed by atoms with Crippen molar-refractivity contribution >= 4 is 5.97 Å². The molecule has 1 fully saturated rings. The molecule has 4 rings (SSSR count). The molecule has 1 saturated carbocycles. The Morgan fingerprint density at radius 3 is 2.78 bits per heavy atom. The van der Waals surface area contributed by atoms with Gasteiger partial charge in [-0.05, 0) is 32.4 Å². The summed E-state index contributed by atoms with van der Waals surface area (Å²) in [5, 5.41) is 0. The summed E-state index contributed by atoms with van der Waals surface area (Å²) in [7, 11) is 1.61. The van der Waals surface area contributed by atoms with E-state index in [4.69, 9.17) is 14.2 Å². The van der Waals surface area contributed by atoms with E-state index in [0.29, 0.717) is 41.3 Å². The standard InChI is InChI=1S/C23H24N4O5/c1-4-31-23(29)19-11-26-21(28)8-17(19)18-10-24-13(2)27-22(18)32-12-14-7-16(14)20-6-5-15(30-3)9-25-20/h5-6,8-11,14,16H,4,7,12H2,1-3H3,(H,26,28)/t14-,16+/m1/s1. The molecule has 0 aliphatic heterocycles. The summed E-state index contributed by atoms with van der Waals surface area (Å²) >= 11 is 0. The van der Waals surface area contributed by atoms with E-state index < -0.39 is 5.97 Å². The number of aromatic amines is 1. The fourth-order valence-electron chi connectivity index (χ4n) is 3.53. The molecule has 3 aromatic rings. The average molecular weight is 436 g/mol. The van der Waals surface area contributed by atoms with Crippen LogP contribution in [0.4, 0.5) is 0 Å². The van der Waals surface area contributed by atoms with Gasteiger partial charge in [-0.2, -0.15) is 4.98 Å². The monoisotopic (exact) mass is 436 g/mol. The summed E-state index contributed by atoms with van der Waals surface area (Å²) in [4.78, 5) is 40.0. The molecule has 0 aromatic carbocycles. The molecule has 0 amide bonds. The normalized spacial score (nSPS) is 17.0. The Bertz CT molecular complexity index is 1180. The first-order chi connectivity index (χ1) is 15.5. The van der Waals surface area contributed by atoms with E-state index in [2.05, 4.69) is 19.9 Å². The largest absolute Gasteiger partial charge is 0.495 e. The van der Waals surface area contributed by atoms with Gasteiger partial charge in [-0.25, -0.2) is 9.78 Å². The van der Waals surface area contributed by atoms with Crippen LogP contribution in [0.25, 0.3) is 11.1 Å². The van der Waals surface area contributed by atoms with E-state index in [9.17, 15) is 9.59 Å². The van der Waals surface area contributed by atoms with E-state index in [1.165, 1.54) is 12.3 Å². The second-order valence-electron chi connectivity index (χ2n) is 7.52. The number of carbonyl (C=O) groups is 1. The number of carbonyl (C=O) groups excluding carboxylic acids is 1. The van der Waals surface area contributed by atoms with Gasteiger partial charge in [0.05, 0.1) is 37.6 Å². The lowest BCUT2D eigenvalue weighted by molar-refractivity contribution is 0.0526. The quantitative estimate of drug-likeness (QED) is 0.536. The third kappa shape index (κ3) is 4.61. The van der Waals surface area contributed by atoms with E-state index in [-0.39, 0.29) is 17.7 Å². The van der Waals surface area contributed by atoms with Gasteiger partial charge in [-0.1, -0.05) is 0 Å². The van der Waals surface area contributed by atoms with Gasteiger partial charge in [0.2, 0.25) is 11.4 Å². The lowest BCUT2D eigenvalue weighted by Gasteiger charge is -2.13. The predicted molar refractivity (Wildman–Crippen MR) is 116 cm³/mol. The Morgan fingerprint density at radius 2 is 2.06 bits per heavy atom. The lowest BCUT2D eigenvalue weighted by Crippen LogP contribution is -2.13. The van der Waals surface area contributed by atoms with E-state index >= 15 is 0 Å². The van der Waals surface area contributed by atoms with E-state index in [1.807, 2.05) is 12.1 Å². The summed E-state index contributed by atoms with van der Waals surface area (Å²) in [5.41, 5.74) is 1.69. The highest BCUT2D eigenvalue weighted by Crippen LogP contribution is 2.47. The molecule has 0 bridgehead atoms. The number of aromatic nitrogens is 4. The minimum atomic E-state index is -0.543. The zero-order chi connectivity index (χ0) is 22.7. The SMILES string of the molecule is CCOC(=O)c1c[nH]c(=O)cc1-c1cnc(C)nc1OC[C@H]1C[C@@H]1c1ccc(OC)cn1. The number of aryl methyl sites for hydroxylation is 1. The highest BCUT2D eigenvalue weighted by molar-refractivity contribution is 5.97. The first kappa shape index (κ1) is 21.5. The molecule has 1 N–H and O–H groups in total. The number of ether oxygens (including phenoxy) is 3. The number of esters is 1. The molecule has 0 spiro atoms. The highest BCUT2D eigenvalue weighted by atomic mass is 16.5. The summed E-state index contributed by atoms with van der Waals surface area (Å²) in [6.07, 6.45) is 5.56. The molecule has 166 valence electrons. The average Bonchev–Trinajstić information content (AvgIpc) is 3.57. The number of hydrogen-bond acceptors (Lipinski definition) is 8. The maximum Gasteiger partial charge on any atom is 0.340 e. The smallest absolute Gasteiger partial charge is 0.340 e. The van der Waals surface area contributed by atoms with Crippen molar-refractivity contribution in [3.8, 4) is 22.8 Å². The topological polar surface area (TPSA) is 116 Å². The number of nitrogens with one attached hydrogen (secondary N) is 1. The van der Waals surface area contributed by atoms with Gasteiger partial charge in [-0.3, -0.25) is 9.78 Å². The van der Waals surface area contributed by atoms with Gasteiger partial charge in [0.25, 0.3) is 0 Å². The molecule has 32 heavy (non-hydrogen) atoms. The Labute approximate surface area is 184 Å². The predicted octanol–water partition coefficient (Wildman–Crippen LogP) is 2.90. The van der Waals surface area contributed by atoms with Crippen LogP contribution in [0.5, 0.6) is 11.6 Å². The third-order valence-corrected chi connectivity index (χ3v) is 5.32. The first-order valence-corrected chi connectivity index (χ1v) is 10.4. The van der Waals surface area contributed by atoms with Gasteiger partial charge < -0.3 is 19.2 Å². The Morgan fingerprint density at radius 1 is 1.22 bits per heavy atom. The zero-order valence-electron chi connectivity index (χ0n) is 18.1. The molecule has 2 atom stereocenters. The van der Waals surface area contributed by atoms with Crippen LogP contribution in [0.15, 0.2) is 41.6 Å². The summed E-state index contributed by atoms with van der Waals surface area (Å²) < 4.78 is 16.3. The minimum absolute atomic E-state index is 0.216. The second kappa shape index (κ2) is 9.17. The number of pyridine rings is 2. The van der Waals surface area contributed by atoms with Crippen molar-refractivity contribution in [1.82, 2.24) is 19.9 Å². The van der Waals surface area contributed by atoms with Crippen LogP contribution in [0, 0.1) is 12.8 Å². The molecule has 3 heterocycles. The molecule has 0 unspecified atom stereocenters. The maximum atomic E-state index is 12.4. The summed E-state index contributed by atoms with van der Waals surface area (Å²) in [6.45, 7) is 4.12. The van der Waals surface area contributed by atoms with Gasteiger partial charge >= 0.3 is 5.97 Å². The van der Waals surface area contributed by atoms with Crippen molar-refractivity contribution in [1.29, 1.82) is 0 Å². The van der Waals surface area contributed by atoms with Crippen molar-refractivity contribution in [2.75, 3.05) is 20.3 Å². The Hall–Kier alpha value is -3.75. The molecule has 1 aliphatic carbocycles. The second-order valence-corrected chi connectivity index (χ2v) is 7.52. The highest BCUT2D eigenvalue weighted by Gasteiger charge is 2.40. The summed E-state index contributed by atoms with van der Waals surface area (Å²) in [5.74, 6) is 1.62. The molecular weight excluding hydrogens is 412 g/mol. The number of methoxy groups -OCH3 is 1. The molecule has 0 radical (unpaired) electrons. The van der Waals surface area contributed by atoms with Crippen LogP contribution in [-0.2, 0) is 4.74 Å².